The van der Waals surface area contributed by atoms with Crippen molar-refractivity contribution in [3.05, 3.63) is 106 Å². The number of hydrogen-bond acceptors (Lipinski definition) is 2. The van der Waals surface area contributed by atoms with E-state index < -0.39 is 6.04 Å². The van der Waals surface area contributed by atoms with Crippen molar-refractivity contribution >= 4 is 27.7 Å². The van der Waals surface area contributed by atoms with E-state index in [0.717, 1.165) is 33.1 Å². The third kappa shape index (κ3) is 7.29. The fraction of sp³-hybridized carbons (Fsp3) is 0.286. The van der Waals surface area contributed by atoms with Gasteiger partial charge in [0.2, 0.25) is 11.8 Å². The van der Waals surface area contributed by atoms with Crippen molar-refractivity contribution < 1.29 is 9.59 Å². The van der Waals surface area contributed by atoms with Crippen LogP contribution in [0.2, 0.25) is 0 Å². The van der Waals surface area contributed by atoms with Crippen molar-refractivity contribution in [3.63, 3.8) is 0 Å². The maximum atomic E-state index is 13.7. The van der Waals surface area contributed by atoms with Crippen molar-refractivity contribution in [2.45, 2.75) is 45.7 Å². The first-order chi connectivity index (χ1) is 16.0. The third-order valence-electron chi connectivity index (χ3n) is 5.67. The molecule has 0 aliphatic carbocycles. The van der Waals surface area contributed by atoms with Crippen LogP contribution in [0.25, 0.3) is 0 Å². The molecule has 0 unspecified atom stereocenters. The number of halogens is 1. The largest absolute Gasteiger partial charge is 0.354 e. The Hall–Kier alpha value is -2.92. The Morgan fingerprint density at radius 1 is 0.939 bits per heavy atom. The summed E-state index contributed by atoms with van der Waals surface area (Å²) in [6, 6.07) is 25.1. The molecule has 4 nitrogen and oxygen atoms in total. The first-order valence-electron chi connectivity index (χ1n) is 11.4. The predicted octanol–water partition coefficient (Wildman–Crippen LogP) is 5.47. The SMILES string of the molecule is CCCNC(=O)[C@H](Cc1ccccc1)N(Cc1cccc(Br)c1)C(=O)Cc1ccccc1C. The standard InChI is InChI=1S/C28H31BrN2O2/c1-3-16-30-28(33)26(18-22-11-5-4-6-12-22)31(20-23-13-9-15-25(29)17-23)27(32)19-24-14-8-7-10-21(24)2/h4-15,17,26H,3,16,18-20H2,1-2H3,(H,30,33)/t26-/m0/s1. The molecule has 0 heterocycles. The average molecular weight is 507 g/mol. The first kappa shape index (κ1) is 24.7. The summed E-state index contributed by atoms with van der Waals surface area (Å²) in [5, 5.41) is 3.02. The molecule has 172 valence electrons. The summed E-state index contributed by atoms with van der Waals surface area (Å²) in [5.74, 6) is -0.175. The van der Waals surface area contributed by atoms with E-state index in [-0.39, 0.29) is 18.2 Å². The molecule has 0 aliphatic heterocycles. The van der Waals surface area contributed by atoms with Crippen LogP contribution in [0.5, 0.6) is 0 Å². The molecule has 1 atom stereocenters. The Morgan fingerprint density at radius 2 is 1.64 bits per heavy atom. The molecule has 3 aromatic carbocycles. The lowest BCUT2D eigenvalue weighted by atomic mass is 10.00. The molecule has 0 aliphatic rings. The van der Waals surface area contributed by atoms with Gasteiger partial charge in [0.15, 0.2) is 0 Å². The number of rotatable bonds is 10. The van der Waals surface area contributed by atoms with Crippen LogP contribution in [-0.4, -0.2) is 29.3 Å². The minimum absolute atomic E-state index is 0.0585. The Bertz CT molecular complexity index is 1070. The Kier molecular flexibility index (Phi) is 9.25. The highest BCUT2D eigenvalue weighted by molar-refractivity contribution is 9.10. The fourth-order valence-electron chi connectivity index (χ4n) is 3.82. The second kappa shape index (κ2) is 12.4. The summed E-state index contributed by atoms with van der Waals surface area (Å²) in [7, 11) is 0. The zero-order chi connectivity index (χ0) is 23.6. The van der Waals surface area contributed by atoms with Crippen molar-refractivity contribution in [1.82, 2.24) is 10.2 Å². The maximum absolute atomic E-state index is 13.7. The number of hydrogen-bond donors (Lipinski definition) is 1. The molecule has 0 fully saturated rings. The van der Waals surface area contributed by atoms with E-state index >= 15 is 0 Å². The lowest BCUT2D eigenvalue weighted by molar-refractivity contribution is -0.140. The van der Waals surface area contributed by atoms with E-state index in [1.807, 2.05) is 92.7 Å². The van der Waals surface area contributed by atoms with Gasteiger partial charge in [-0.3, -0.25) is 9.59 Å². The van der Waals surface area contributed by atoms with Gasteiger partial charge < -0.3 is 10.2 Å². The van der Waals surface area contributed by atoms with Gasteiger partial charge in [0, 0.05) is 24.0 Å². The third-order valence-corrected chi connectivity index (χ3v) is 6.16. The van der Waals surface area contributed by atoms with Crippen LogP contribution in [0.4, 0.5) is 0 Å². The molecule has 1 N–H and O–H groups in total. The second-order valence-corrected chi connectivity index (χ2v) is 9.17. The quantitative estimate of drug-likeness (QED) is 0.396. The van der Waals surface area contributed by atoms with E-state index in [4.69, 9.17) is 0 Å². The van der Waals surface area contributed by atoms with Crippen LogP contribution < -0.4 is 5.32 Å². The zero-order valence-electron chi connectivity index (χ0n) is 19.3. The van der Waals surface area contributed by atoms with Crippen molar-refractivity contribution in [3.8, 4) is 0 Å². The van der Waals surface area contributed by atoms with Crippen LogP contribution >= 0.6 is 15.9 Å². The first-order valence-corrected chi connectivity index (χ1v) is 12.2. The van der Waals surface area contributed by atoms with Gasteiger partial charge in [-0.15, -0.1) is 0 Å². The van der Waals surface area contributed by atoms with Crippen molar-refractivity contribution in [2.75, 3.05) is 6.54 Å². The number of carbonyl (C=O) groups is 2. The van der Waals surface area contributed by atoms with Gasteiger partial charge >= 0.3 is 0 Å². The monoisotopic (exact) mass is 506 g/mol. The summed E-state index contributed by atoms with van der Waals surface area (Å²) in [5.41, 5.74) is 4.05. The molecule has 0 bridgehead atoms. The smallest absolute Gasteiger partial charge is 0.243 e. The Balaban J connectivity index is 1.96. The number of carbonyl (C=O) groups excluding carboxylic acids is 2. The number of nitrogens with zero attached hydrogens (tertiary/aromatic N) is 1. The number of benzene rings is 3. The number of nitrogens with one attached hydrogen (secondary N) is 1. The lowest BCUT2D eigenvalue weighted by Crippen LogP contribution is -2.51. The average Bonchev–Trinajstić information content (AvgIpc) is 2.82. The van der Waals surface area contributed by atoms with E-state index in [2.05, 4.69) is 21.2 Å². The molecule has 33 heavy (non-hydrogen) atoms. The summed E-state index contributed by atoms with van der Waals surface area (Å²) < 4.78 is 0.946. The topological polar surface area (TPSA) is 49.4 Å². The van der Waals surface area contributed by atoms with Crippen molar-refractivity contribution in [1.29, 1.82) is 0 Å². The summed E-state index contributed by atoms with van der Waals surface area (Å²) in [6.07, 6.45) is 1.56. The van der Waals surface area contributed by atoms with Gasteiger partial charge in [-0.25, -0.2) is 0 Å². The lowest BCUT2D eigenvalue weighted by Gasteiger charge is -2.32. The number of amides is 2. The molecule has 0 spiro atoms. The highest BCUT2D eigenvalue weighted by atomic mass is 79.9. The summed E-state index contributed by atoms with van der Waals surface area (Å²) in [4.78, 5) is 28.8. The number of aryl methyl sites for hydroxylation is 1. The van der Waals surface area contributed by atoms with Crippen molar-refractivity contribution in [2.24, 2.45) is 0 Å². The molecular formula is C28H31BrN2O2. The molecule has 0 radical (unpaired) electrons. The summed E-state index contributed by atoms with van der Waals surface area (Å²) in [6.45, 7) is 4.98. The highest BCUT2D eigenvalue weighted by Crippen LogP contribution is 2.19. The van der Waals surface area contributed by atoms with Crippen LogP contribution in [0, 0.1) is 6.92 Å². The summed E-state index contributed by atoms with van der Waals surface area (Å²) >= 11 is 3.52. The minimum Gasteiger partial charge on any atom is -0.354 e. The van der Waals surface area contributed by atoms with Gasteiger partial charge in [-0.2, -0.15) is 0 Å². The van der Waals surface area contributed by atoms with Gasteiger partial charge in [-0.1, -0.05) is 89.6 Å². The van der Waals surface area contributed by atoms with E-state index in [9.17, 15) is 9.59 Å². The molecule has 3 aromatic rings. The molecule has 0 aromatic heterocycles. The maximum Gasteiger partial charge on any atom is 0.243 e. The Morgan fingerprint density at radius 3 is 2.33 bits per heavy atom. The highest BCUT2D eigenvalue weighted by Gasteiger charge is 2.30. The van der Waals surface area contributed by atoms with Crippen LogP contribution in [0.1, 0.15) is 35.6 Å². The molecule has 3 rings (SSSR count). The molecule has 2 amide bonds. The normalized spacial score (nSPS) is 11.6. The van der Waals surface area contributed by atoms with E-state index in [0.29, 0.717) is 19.5 Å². The molecule has 0 saturated carbocycles. The second-order valence-electron chi connectivity index (χ2n) is 8.25. The molecular weight excluding hydrogens is 476 g/mol. The van der Waals surface area contributed by atoms with Gasteiger partial charge in [0.05, 0.1) is 6.42 Å². The van der Waals surface area contributed by atoms with E-state index in [1.54, 1.807) is 4.90 Å². The van der Waals surface area contributed by atoms with Crippen LogP contribution in [-0.2, 0) is 29.0 Å². The Labute approximate surface area is 205 Å². The van der Waals surface area contributed by atoms with Gasteiger partial charge in [-0.05, 0) is 47.7 Å². The fourth-order valence-corrected chi connectivity index (χ4v) is 4.27. The van der Waals surface area contributed by atoms with Crippen LogP contribution in [0.15, 0.2) is 83.3 Å². The minimum atomic E-state index is -0.602. The predicted molar refractivity (Wildman–Crippen MR) is 137 cm³/mol. The molecule has 5 heteroatoms. The van der Waals surface area contributed by atoms with E-state index in [1.165, 1.54) is 0 Å². The zero-order valence-corrected chi connectivity index (χ0v) is 20.8. The van der Waals surface area contributed by atoms with Gasteiger partial charge in [0.1, 0.15) is 6.04 Å². The van der Waals surface area contributed by atoms with Crippen LogP contribution in [0.3, 0.4) is 0 Å². The van der Waals surface area contributed by atoms with Gasteiger partial charge in [0.25, 0.3) is 0 Å². The molecule has 0 saturated heterocycles.